The molecule has 0 aromatic carbocycles. The molecule has 0 spiro atoms. The maximum atomic E-state index is 13.6. The number of rotatable bonds is 15. The Morgan fingerprint density at radius 2 is 1.40 bits per heavy atom. The molecule has 0 aliphatic carbocycles. The van der Waals surface area contributed by atoms with Gasteiger partial charge in [0.2, 0.25) is 18.2 Å². The lowest BCUT2D eigenvalue weighted by atomic mass is 9.77. The second-order valence-electron chi connectivity index (χ2n) is 13.4. The van der Waals surface area contributed by atoms with Gasteiger partial charge in [-0.05, 0) is 59.7 Å². The predicted molar refractivity (Wildman–Crippen MR) is 171 cm³/mol. The second kappa shape index (κ2) is 16.6. The third-order valence-electron chi connectivity index (χ3n) is 7.88. The van der Waals surface area contributed by atoms with Crippen molar-refractivity contribution in [1.29, 1.82) is 0 Å². The Labute approximate surface area is 277 Å². The number of β-lactam (4-membered cyclic amide) rings is 1. The van der Waals surface area contributed by atoms with Crippen LogP contribution >= 0.6 is 23.4 Å². The zero-order valence-electron chi connectivity index (χ0n) is 28.5. The number of likely N-dealkylation sites (tertiary alicyclic amines) is 1. The van der Waals surface area contributed by atoms with Crippen molar-refractivity contribution in [2.75, 3.05) is 25.8 Å². The van der Waals surface area contributed by atoms with E-state index in [1.807, 2.05) is 13.1 Å². The van der Waals surface area contributed by atoms with Crippen LogP contribution in [0.15, 0.2) is 0 Å². The molecule has 12 nitrogen and oxygen atoms in total. The van der Waals surface area contributed by atoms with Crippen LogP contribution in [0.4, 0.5) is 0 Å². The van der Waals surface area contributed by atoms with Crippen molar-refractivity contribution < 1.29 is 52.1 Å². The zero-order valence-corrected chi connectivity index (χ0v) is 31.1. The van der Waals surface area contributed by atoms with Crippen molar-refractivity contribution in [2.45, 2.75) is 105 Å². The minimum absolute atomic E-state index is 0.0410. The molecule has 0 aromatic heterocycles. The molecular weight excluding hydrogens is 646 g/mol. The molecule has 0 aromatic rings. The van der Waals surface area contributed by atoms with Gasteiger partial charge in [0.1, 0.15) is 0 Å². The molecular formula is C30H50ClNO11SSi. The molecule has 1 saturated heterocycles. The molecule has 1 heterocycles. The molecule has 0 saturated carbocycles. The Morgan fingerprint density at radius 3 is 1.84 bits per heavy atom. The van der Waals surface area contributed by atoms with E-state index in [9.17, 15) is 28.8 Å². The summed E-state index contributed by atoms with van der Waals surface area (Å²) in [5.41, 5.74) is -2.45. The van der Waals surface area contributed by atoms with Gasteiger partial charge in [-0.2, -0.15) is 0 Å². The fraction of sp³-hybridized carbons (Fsp3) is 0.800. The first-order valence-electron chi connectivity index (χ1n) is 15.0. The van der Waals surface area contributed by atoms with Gasteiger partial charge in [0.25, 0.3) is 0 Å². The Hall–Kier alpha value is -2.16. The third kappa shape index (κ3) is 10.7. The summed E-state index contributed by atoms with van der Waals surface area (Å²) in [4.78, 5) is 77.9. The molecule has 5 atom stereocenters. The van der Waals surface area contributed by atoms with Crippen LogP contribution in [0.5, 0.6) is 0 Å². The predicted octanol–water partition coefficient (Wildman–Crippen LogP) is 4.52. The summed E-state index contributed by atoms with van der Waals surface area (Å²) in [6.45, 7) is 21.1. The van der Waals surface area contributed by atoms with Crippen LogP contribution in [0, 0.1) is 23.2 Å². The van der Waals surface area contributed by atoms with Crippen LogP contribution in [0.1, 0.15) is 69.2 Å². The van der Waals surface area contributed by atoms with E-state index < -0.39 is 90.8 Å². The van der Waals surface area contributed by atoms with E-state index in [0.717, 1.165) is 16.7 Å². The Balaban J connectivity index is 3.25. The maximum Gasteiger partial charge on any atom is 0.347 e. The Bertz CT molecular complexity index is 1090. The minimum atomic E-state index is -2.36. The summed E-state index contributed by atoms with van der Waals surface area (Å²) in [5.74, 6) is -7.06. The van der Waals surface area contributed by atoms with Gasteiger partial charge in [-0.3, -0.25) is 24.0 Å². The average Bonchev–Trinajstić information content (AvgIpc) is 2.89. The highest BCUT2D eigenvalue weighted by Crippen LogP contribution is 2.44. The number of amides is 1. The van der Waals surface area contributed by atoms with Crippen LogP contribution in [0.2, 0.25) is 18.1 Å². The highest BCUT2D eigenvalue weighted by atomic mass is 35.5. The molecule has 1 aliphatic rings. The number of carbonyl (C=O) groups is 6. The van der Waals surface area contributed by atoms with E-state index >= 15 is 0 Å². The standard InChI is InChI=1S/C30H50ClNO11SSi/c1-13-39-24(34)19(25(35)40-14-2)15-44-27(37)17(3)21-20(18(4)43-45(11,12)30(8,9)10)23(33)32(21)22(31)26(36)41-16-42-28(38)29(5,6)7/h17-22H,13-16H2,1-12H3/t17-,18-,20-,21-,22?/m1/s1. The number of ether oxygens (including phenoxy) is 4. The van der Waals surface area contributed by atoms with E-state index in [0.29, 0.717) is 0 Å². The van der Waals surface area contributed by atoms with E-state index in [1.54, 1.807) is 48.5 Å². The van der Waals surface area contributed by atoms with E-state index in [1.165, 1.54) is 0 Å². The molecule has 1 amide bonds. The first-order valence-corrected chi connectivity index (χ1v) is 19.3. The lowest BCUT2D eigenvalue weighted by molar-refractivity contribution is -0.185. The van der Waals surface area contributed by atoms with Gasteiger partial charge in [0.15, 0.2) is 19.4 Å². The van der Waals surface area contributed by atoms with E-state index in [4.69, 9.17) is 35.0 Å². The van der Waals surface area contributed by atoms with Crippen molar-refractivity contribution >= 4 is 66.6 Å². The van der Waals surface area contributed by atoms with Crippen molar-refractivity contribution in [3.8, 4) is 0 Å². The van der Waals surface area contributed by atoms with Crippen LogP contribution in [0.25, 0.3) is 0 Å². The van der Waals surface area contributed by atoms with Gasteiger partial charge in [-0.15, -0.1) is 0 Å². The lowest BCUT2D eigenvalue weighted by Gasteiger charge is -2.53. The van der Waals surface area contributed by atoms with Gasteiger partial charge in [-0.25, -0.2) is 4.79 Å². The van der Waals surface area contributed by atoms with Gasteiger partial charge in [0, 0.05) is 11.7 Å². The number of hydrogen-bond donors (Lipinski definition) is 0. The second-order valence-corrected chi connectivity index (χ2v) is 19.6. The fourth-order valence-corrected chi connectivity index (χ4v) is 6.98. The summed E-state index contributed by atoms with van der Waals surface area (Å²) in [5, 5.41) is -0.615. The van der Waals surface area contributed by atoms with Crippen LogP contribution < -0.4 is 0 Å². The fourth-order valence-electron chi connectivity index (χ4n) is 4.26. The summed E-state index contributed by atoms with van der Waals surface area (Å²) in [6, 6.07) is -0.881. The molecule has 15 heteroatoms. The summed E-state index contributed by atoms with van der Waals surface area (Å²) in [7, 11) is -2.36. The molecule has 1 rings (SSSR count). The van der Waals surface area contributed by atoms with E-state index in [-0.39, 0.29) is 24.0 Å². The Morgan fingerprint density at radius 1 is 0.889 bits per heavy atom. The number of esters is 4. The summed E-state index contributed by atoms with van der Waals surface area (Å²) < 4.78 is 26.5. The van der Waals surface area contributed by atoms with E-state index in [2.05, 4.69) is 20.8 Å². The van der Waals surface area contributed by atoms with Gasteiger partial charge >= 0.3 is 23.9 Å². The van der Waals surface area contributed by atoms with Crippen LogP contribution in [-0.4, -0.2) is 91.5 Å². The molecule has 0 N–H and O–H groups in total. The number of nitrogens with zero attached hydrogens (tertiary/aromatic N) is 1. The third-order valence-corrected chi connectivity index (χ3v) is 14.0. The molecule has 1 unspecified atom stereocenters. The highest BCUT2D eigenvalue weighted by Gasteiger charge is 2.58. The van der Waals surface area contributed by atoms with Crippen molar-refractivity contribution in [3.63, 3.8) is 0 Å². The first-order chi connectivity index (χ1) is 20.5. The highest BCUT2D eigenvalue weighted by molar-refractivity contribution is 8.13. The topological polar surface area (TPSA) is 152 Å². The monoisotopic (exact) mass is 695 g/mol. The SMILES string of the molecule is CCOC(=O)C(CSC(=O)[C@H](C)[C@@H]1[C@@H]([C@@H](C)O[Si](C)(C)C(C)(C)C)C(=O)N1C(Cl)C(=O)OCOC(=O)C(C)(C)C)C(=O)OCC. The number of alkyl halides is 1. The number of thioether (sulfide) groups is 1. The molecule has 1 fully saturated rings. The normalized spacial score (nSPS) is 19.2. The number of carbonyl (C=O) groups excluding carboxylic acids is 6. The Kier molecular flexibility index (Phi) is 15.1. The molecule has 45 heavy (non-hydrogen) atoms. The summed E-state index contributed by atoms with van der Waals surface area (Å²) in [6.07, 6.45) is -0.626. The first kappa shape index (κ1) is 40.9. The smallest absolute Gasteiger partial charge is 0.347 e. The number of halogens is 1. The minimum Gasteiger partial charge on any atom is -0.465 e. The average molecular weight is 696 g/mol. The van der Waals surface area contributed by atoms with Gasteiger partial charge < -0.3 is 28.3 Å². The largest absolute Gasteiger partial charge is 0.465 e. The van der Waals surface area contributed by atoms with Gasteiger partial charge in [0.05, 0.1) is 36.7 Å². The lowest BCUT2D eigenvalue weighted by Crippen LogP contribution is -2.71. The summed E-state index contributed by atoms with van der Waals surface area (Å²) >= 11 is 7.18. The zero-order chi connectivity index (χ0) is 35.1. The van der Waals surface area contributed by atoms with Crippen molar-refractivity contribution in [1.82, 2.24) is 4.90 Å². The molecule has 1 aliphatic heterocycles. The molecule has 0 bridgehead atoms. The maximum absolute atomic E-state index is 13.6. The van der Waals surface area contributed by atoms with Crippen LogP contribution in [0.3, 0.4) is 0 Å². The molecule has 258 valence electrons. The van der Waals surface area contributed by atoms with Gasteiger partial charge in [-0.1, -0.05) is 51.1 Å². The van der Waals surface area contributed by atoms with Crippen molar-refractivity contribution in [3.05, 3.63) is 0 Å². The number of hydrogen-bond acceptors (Lipinski definition) is 12. The van der Waals surface area contributed by atoms with Crippen molar-refractivity contribution in [2.24, 2.45) is 23.2 Å². The van der Waals surface area contributed by atoms with Crippen LogP contribution in [-0.2, 0) is 52.1 Å². The quantitative estimate of drug-likeness (QED) is 0.0346. The molecule has 0 radical (unpaired) electrons.